The smallest absolute Gasteiger partial charge is 0.311 e. The standard InChI is InChI=1S/C20H31NO3/c1-14-7-6-10-20(2)18(24-20)17-15(9-8-14)16(19(22)23-17)13-21-11-4-3-5-12-21/h7,15-18H,3-6,8-13H2,1-2H3/t15-,16-,17-,18-,20+/m0/s1. The number of nitrogens with zero attached hydrogens (tertiary/aromatic N) is 1. The summed E-state index contributed by atoms with van der Waals surface area (Å²) in [7, 11) is 0. The Morgan fingerprint density at radius 3 is 2.88 bits per heavy atom. The zero-order valence-corrected chi connectivity index (χ0v) is 15.1. The highest BCUT2D eigenvalue weighted by atomic mass is 16.6. The van der Waals surface area contributed by atoms with Crippen LogP contribution in [0.1, 0.15) is 58.8 Å². The van der Waals surface area contributed by atoms with Gasteiger partial charge in [-0.15, -0.1) is 0 Å². The molecule has 0 spiro atoms. The maximum Gasteiger partial charge on any atom is 0.311 e. The van der Waals surface area contributed by atoms with Gasteiger partial charge in [0, 0.05) is 12.5 Å². The lowest BCUT2D eigenvalue weighted by atomic mass is 9.80. The maximum atomic E-state index is 12.6. The topological polar surface area (TPSA) is 42.1 Å². The van der Waals surface area contributed by atoms with Crippen LogP contribution in [-0.4, -0.2) is 48.3 Å². The van der Waals surface area contributed by atoms with E-state index in [1.807, 2.05) is 0 Å². The number of allylic oxidation sites excluding steroid dienone is 2. The molecule has 0 unspecified atom stereocenters. The molecule has 24 heavy (non-hydrogen) atoms. The molecule has 0 radical (unpaired) electrons. The molecule has 3 saturated heterocycles. The van der Waals surface area contributed by atoms with Gasteiger partial charge in [-0.1, -0.05) is 18.1 Å². The normalized spacial score (nSPS) is 43.4. The third kappa shape index (κ3) is 3.15. The van der Waals surface area contributed by atoms with Crippen LogP contribution in [0, 0.1) is 11.8 Å². The minimum absolute atomic E-state index is 0.0225. The number of carbonyl (C=O) groups is 1. The second kappa shape index (κ2) is 6.45. The van der Waals surface area contributed by atoms with E-state index in [0.717, 1.165) is 45.3 Å². The summed E-state index contributed by atoms with van der Waals surface area (Å²) < 4.78 is 11.9. The largest absolute Gasteiger partial charge is 0.459 e. The third-order valence-corrected chi connectivity index (χ3v) is 6.64. The Morgan fingerprint density at radius 1 is 1.29 bits per heavy atom. The molecule has 4 rings (SSSR count). The SMILES string of the molecule is CC1=CCC[C@@]2(C)O[C@H]2[C@H]2OC(=O)[C@@H](CN3CCCCC3)[C@@H]2CC1. The fraction of sp³-hybridized carbons (Fsp3) is 0.850. The van der Waals surface area contributed by atoms with Gasteiger partial charge in [0.05, 0.1) is 11.5 Å². The van der Waals surface area contributed by atoms with E-state index in [1.54, 1.807) is 0 Å². The number of epoxide rings is 1. The monoisotopic (exact) mass is 333 g/mol. The Morgan fingerprint density at radius 2 is 2.08 bits per heavy atom. The molecular weight excluding hydrogens is 302 g/mol. The van der Waals surface area contributed by atoms with Gasteiger partial charge in [-0.2, -0.15) is 0 Å². The van der Waals surface area contributed by atoms with Crippen molar-refractivity contribution in [2.24, 2.45) is 11.8 Å². The molecule has 0 amide bonds. The summed E-state index contributed by atoms with van der Waals surface area (Å²) in [6.07, 6.45) is 10.5. The number of esters is 1. The summed E-state index contributed by atoms with van der Waals surface area (Å²) in [4.78, 5) is 15.1. The lowest BCUT2D eigenvalue weighted by Crippen LogP contribution is -2.39. The van der Waals surface area contributed by atoms with Crippen LogP contribution in [-0.2, 0) is 14.3 Å². The Hall–Kier alpha value is -0.870. The van der Waals surface area contributed by atoms with Gasteiger partial charge in [0.15, 0.2) is 0 Å². The van der Waals surface area contributed by atoms with E-state index in [0.29, 0.717) is 5.92 Å². The summed E-state index contributed by atoms with van der Waals surface area (Å²) in [6, 6.07) is 0. The molecule has 1 aliphatic carbocycles. The van der Waals surface area contributed by atoms with Crippen LogP contribution in [0.3, 0.4) is 0 Å². The lowest BCUT2D eigenvalue weighted by Gasteiger charge is -2.30. The minimum atomic E-state index is -0.0860. The zero-order chi connectivity index (χ0) is 16.7. The molecule has 0 aromatic heterocycles. The van der Waals surface area contributed by atoms with Crippen LogP contribution < -0.4 is 0 Å². The highest BCUT2D eigenvalue weighted by Crippen LogP contribution is 2.50. The van der Waals surface area contributed by atoms with Crippen molar-refractivity contribution in [3.8, 4) is 0 Å². The first-order valence-corrected chi connectivity index (χ1v) is 9.83. The number of piperidine rings is 1. The second-order valence-corrected chi connectivity index (χ2v) is 8.51. The average molecular weight is 333 g/mol. The van der Waals surface area contributed by atoms with E-state index >= 15 is 0 Å². The van der Waals surface area contributed by atoms with Crippen molar-refractivity contribution < 1.29 is 14.3 Å². The molecular formula is C20H31NO3. The Balaban J connectivity index is 1.52. The number of fused-ring (bicyclic) bond motifs is 3. The van der Waals surface area contributed by atoms with Gasteiger partial charge < -0.3 is 14.4 Å². The molecule has 0 aromatic carbocycles. The van der Waals surface area contributed by atoms with Crippen LogP contribution in [0.4, 0.5) is 0 Å². The lowest BCUT2D eigenvalue weighted by molar-refractivity contribution is -0.145. The van der Waals surface area contributed by atoms with Gasteiger partial charge in [-0.3, -0.25) is 4.79 Å². The van der Waals surface area contributed by atoms with Crippen molar-refractivity contribution in [2.75, 3.05) is 19.6 Å². The van der Waals surface area contributed by atoms with Crippen LogP contribution in [0.5, 0.6) is 0 Å². The number of carbonyl (C=O) groups excluding carboxylic acids is 1. The summed E-state index contributed by atoms with van der Waals surface area (Å²) in [5.41, 5.74) is 1.37. The molecule has 5 atom stereocenters. The number of rotatable bonds is 2. The van der Waals surface area contributed by atoms with Crippen LogP contribution in [0.2, 0.25) is 0 Å². The molecule has 0 bridgehead atoms. The van der Waals surface area contributed by atoms with E-state index in [2.05, 4.69) is 24.8 Å². The molecule has 3 aliphatic heterocycles. The predicted octanol–water partition coefficient (Wildman–Crippen LogP) is 3.31. The number of ether oxygens (including phenoxy) is 2. The van der Waals surface area contributed by atoms with Gasteiger partial charge in [0.25, 0.3) is 0 Å². The van der Waals surface area contributed by atoms with Crippen LogP contribution in [0.25, 0.3) is 0 Å². The van der Waals surface area contributed by atoms with Crippen molar-refractivity contribution >= 4 is 5.97 Å². The number of hydrogen-bond acceptors (Lipinski definition) is 4. The highest BCUT2D eigenvalue weighted by Gasteiger charge is 2.62. The fourth-order valence-electron chi connectivity index (χ4n) is 4.97. The first-order chi connectivity index (χ1) is 11.6. The number of hydrogen-bond donors (Lipinski definition) is 0. The number of likely N-dealkylation sites (tertiary alicyclic amines) is 1. The summed E-state index contributed by atoms with van der Waals surface area (Å²) in [5, 5.41) is 0. The van der Waals surface area contributed by atoms with E-state index in [-0.39, 0.29) is 29.7 Å². The maximum absolute atomic E-state index is 12.6. The Bertz CT molecular complexity index is 525. The third-order valence-electron chi connectivity index (χ3n) is 6.64. The summed E-state index contributed by atoms with van der Waals surface area (Å²) in [5.74, 6) is 0.371. The average Bonchev–Trinajstić information content (AvgIpc) is 3.14. The molecule has 0 saturated carbocycles. The Kier molecular flexibility index (Phi) is 4.46. The van der Waals surface area contributed by atoms with Gasteiger partial charge in [-0.25, -0.2) is 0 Å². The first kappa shape index (κ1) is 16.6. The van der Waals surface area contributed by atoms with Gasteiger partial charge in [0.1, 0.15) is 12.2 Å². The van der Waals surface area contributed by atoms with E-state index in [9.17, 15) is 4.79 Å². The van der Waals surface area contributed by atoms with Crippen molar-refractivity contribution in [2.45, 2.75) is 76.6 Å². The second-order valence-electron chi connectivity index (χ2n) is 8.51. The van der Waals surface area contributed by atoms with E-state index < -0.39 is 0 Å². The summed E-state index contributed by atoms with van der Waals surface area (Å²) in [6.45, 7) is 7.56. The molecule has 3 heterocycles. The first-order valence-electron chi connectivity index (χ1n) is 9.83. The van der Waals surface area contributed by atoms with Gasteiger partial charge >= 0.3 is 5.97 Å². The molecule has 134 valence electrons. The molecule has 0 N–H and O–H groups in total. The van der Waals surface area contributed by atoms with Crippen LogP contribution >= 0.6 is 0 Å². The minimum Gasteiger partial charge on any atom is -0.459 e. The van der Waals surface area contributed by atoms with Crippen molar-refractivity contribution in [1.29, 1.82) is 0 Å². The molecule has 4 aliphatic rings. The van der Waals surface area contributed by atoms with Crippen molar-refractivity contribution in [1.82, 2.24) is 4.90 Å². The van der Waals surface area contributed by atoms with E-state index in [1.165, 1.54) is 24.8 Å². The van der Waals surface area contributed by atoms with Crippen LogP contribution in [0.15, 0.2) is 11.6 Å². The molecule has 4 heteroatoms. The van der Waals surface area contributed by atoms with Gasteiger partial charge in [0.2, 0.25) is 0 Å². The fourth-order valence-corrected chi connectivity index (χ4v) is 4.97. The zero-order valence-electron chi connectivity index (χ0n) is 15.1. The van der Waals surface area contributed by atoms with E-state index in [4.69, 9.17) is 9.47 Å². The molecule has 0 aromatic rings. The van der Waals surface area contributed by atoms with Crippen molar-refractivity contribution in [3.05, 3.63) is 11.6 Å². The predicted molar refractivity (Wildman–Crippen MR) is 92.7 cm³/mol. The Labute approximate surface area is 145 Å². The quantitative estimate of drug-likeness (QED) is 0.442. The van der Waals surface area contributed by atoms with Crippen molar-refractivity contribution in [3.63, 3.8) is 0 Å². The molecule has 4 nitrogen and oxygen atoms in total. The highest BCUT2D eigenvalue weighted by molar-refractivity contribution is 5.75. The van der Waals surface area contributed by atoms with Gasteiger partial charge in [-0.05, 0) is 65.5 Å². The summed E-state index contributed by atoms with van der Waals surface area (Å²) >= 11 is 0. The molecule has 3 fully saturated rings.